The largest absolute Gasteiger partial charge is 0.497 e. The maximum atomic E-state index is 13.8. The van der Waals surface area contributed by atoms with Gasteiger partial charge in [-0.2, -0.15) is 0 Å². The van der Waals surface area contributed by atoms with Gasteiger partial charge >= 0.3 is 0 Å². The van der Waals surface area contributed by atoms with Crippen LogP contribution in [0.1, 0.15) is 25.0 Å². The minimum Gasteiger partial charge on any atom is -0.497 e. The molecule has 2 amide bonds. The number of ether oxygens (including phenoxy) is 2. The molecule has 0 aliphatic heterocycles. The van der Waals surface area contributed by atoms with Crippen LogP contribution in [0.5, 0.6) is 11.5 Å². The Morgan fingerprint density at radius 1 is 0.842 bits per heavy atom. The monoisotopic (exact) mass is 510 g/mol. The highest BCUT2D eigenvalue weighted by Gasteiger charge is 2.31. The number of nitrogens with one attached hydrogen (secondary N) is 1. The van der Waals surface area contributed by atoms with Crippen LogP contribution in [-0.2, 0) is 22.6 Å². The van der Waals surface area contributed by atoms with Gasteiger partial charge < -0.3 is 19.7 Å². The minimum atomic E-state index is -0.727. The first-order valence-corrected chi connectivity index (χ1v) is 12.8. The Labute approximate surface area is 224 Å². The van der Waals surface area contributed by atoms with Crippen LogP contribution in [0.2, 0.25) is 0 Å². The molecule has 4 aromatic carbocycles. The topological polar surface area (TPSA) is 67.9 Å². The van der Waals surface area contributed by atoms with Crippen molar-refractivity contribution in [2.75, 3.05) is 13.7 Å². The lowest BCUT2D eigenvalue weighted by atomic mass is 10.0. The summed E-state index contributed by atoms with van der Waals surface area (Å²) in [5.74, 6) is 0.836. The van der Waals surface area contributed by atoms with Gasteiger partial charge in [-0.15, -0.1) is 0 Å². The third-order valence-electron chi connectivity index (χ3n) is 6.29. The summed E-state index contributed by atoms with van der Waals surface area (Å²) in [4.78, 5) is 28.9. The number of fused-ring (bicyclic) bond motifs is 1. The Morgan fingerprint density at radius 2 is 1.53 bits per heavy atom. The Hall–Kier alpha value is -4.32. The molecule has 0 bridgehead atoms. The van der Waals surface area contributed by atoms with E-state index in [4.69, 9.17) is 9.47 Å². The third-order valence-corrected chi connectivity index (χ3v) is 6.29. The van der Waals surface area contributed by atoms with Crippen molar-refractivity contribution >= 4 is 22.6 Å². The van der Waals surface area contributed by atoms with Gasteiger partial charge in [-0.1, -0.05) is 78.9 Å². The fourth-order valence-corrected chi connectivity index (χ4v) is 4.45. The summed E-state index contributed by atoms with van der Waals surface area (Å²) in [6.07, 6.45) is 0.378. The molecule has 1 atom stereocenters. The van der Waals surface area contributed by atoms with Crippen molar-refractivity contribution in [1.82, 2.24) is 10.2 Å². The first kappa shape index (κ1) is 26.7. The molecular weight excluding hydrogens is 476 g/mol. The van der Waals surface area contributed by atoms with E-state index in [1.807, 2.05) is 111 Å². The van der Waals surface area contributed by atoms with E-state index in [1.54, 1.807) is 12.0 Å². The molecule has 6 heteroatoms. The Balaban J connectivity index is 1.65. The van der Waals surface area contributed by atoms with Crippen LogP contribution >= 0.6 is 0 Å². The standard InChI is InChI=1S/C32H34N2O4/c1-23(2)33-32(36)29(20-24-11-5-4-6-12-24)34(21-25-13-9-16-27(19-25)37-3)31(35)22-38-30-18-10-15-26-14-7-8-17-28(26)30/h4-19,23,29H,20-22H2,1-3H3,(H,33,36). The van der Waals surface area contributed by atoms with Crippen LogP contribution in [0.15, 0.2) is 97.1 Å². The number of amides is 2. The minimum absolute atomic E-state index is 0.0681. The number of carbonyl (C=O) groups excluding carboxylic acids is 2. The summed E-state index contributed by atoms with van der Waals surface area (Å²) in [7, 11) is 1.61. The second-order valence-corrected chi connectivity index (χ2v) is 9.51. The molecule has 1 unspecified atom stereocenters. The molecule has 0 aliphatic rings. The number of benzene rings is 4. The lowest BCUT2D eigenvalue weighted by Crippen LogP contribution is -2.52. The summed E-state index contributed by atoms with van der Waals surface area (Å²) >= 11 is 0. The van der Waals surface area contributed by atoms with Gasteiger partial charge in [-0.3, -0.25) is 9.59 Å². The molecule has 1 N–H and O–H groups in total. The fraction of sp³-hybridized carbons (Fsp3) is 0.250. The molecular formula is C32H34N2O4. The molecule has 0 radical (unpaired) electrons. The van der Waals surface area contributed by atoms with E-state index in [0.717, 1.165) is 21.9 Å². The van der Waals surface area contributed by atoms with Crippen LogP contribution in [0.3, 0.4) is 0 Å². The van der Waals surface area contributed by atoms with Gasteiger partial charge in [0, 0.05) is 24.4 Å². The van der Waals surface area contributed by atoms with Gasteiger partial charge in [-0.25, -0.2) is 0 Å². The van der Waals surface area contributed by atoms with Gasteiger partial charge in [0.25, 0.3) is 5.91 Å². The van der Waals surface area contributed by atoms with Crippen molar-refractivity contribution in [1.29, 1.82) is 0 Å². The van der Waals surface area contributed by atoms with Crippen molar-refractivity contribution in [3.8, 4) is 11.5 Å². The number of rotatable bonds is 11. The molecule has 0 aromatic heterocycles. The third kappa shape index (κ3) is 6.91. The van der Waals surface area contributed by atoms with E-state index >= 15 is 0 Å². The van der Waals surface area contributed by atoms with E-state index in [9.17, 15) is 9.59 Å². The van der Waals surface area contributed by atoms with Crippen molar-refractivity contribution in [2.45, 2.75) is 38.9 Å². The van der Waals surface area contributed by atoms with Gasteiger partial charge in [0.2, 0.25) is 5.91 Å². The fourth-order valence-electron chi connectivity index (χ4n) is 4.45. The van der Waals surface area contributed by atoms with E-state index in [1.165, 1.54) is 0 Å². The van der Waals surface area contributed by atoms with Crippen LogP contribution in [0, 0.1) is 0 Å². The SMILES string of the molecule is COc1cccc(CN(C(=O)COc2cccc3ccccc23)C(Cc2ccccc2)C(=O)NC(C)C)c1. The van der Waals surface area contributed by atoms with Crippen LogP contribution < -0.4 is 14.8 Å². The molecule has 0 saturated carbocycles. The van der Waals surface area contributed by atoms with Gasteiger partial charge in [0.15, 0.2) is 6.61 Å². The molecule has 0 spiro atoms. The molecule has 0 fully saturated rings. The van der Waals surface area contributed by atoms with Crippen molar-refractivity contribution in [3.05, 3.63) is 108 Å². The zero-order valence-corrected chi connectivity index (χ0v) is 22.1. The number of nitrogens with zero attached hydrogens (tertiary/aromatic N) is 1. The highest BCUT2D eigenvalue weighted by atomic mass is 16.5. The number of methoxy groups -OCH3 is 1. The van der Waals surface area contributed by atoms with Crippen LogP contribution in [0.4, 0.5) is 0 Å². The quantitative estimate of drug-likeness (QED) is 0.294. The molecule has 0 heterocycles. The van der Waals surface area contributed by atoms with Gasteiger partial charge in [0.1, 0.15) is 17.5 Å². The van der Waals surface area contributed by atoms with E-state index < -0.39 is 6.04 Å². The van der Waals surface area contributed by atoms with Crippen molar-refractivity contribution in [3.63, 3.8) is 0 Å². The summed E-state index contributed by atoms with van der Waals surface area (Å²) in [5, 5.41) is 4.97. The predicted octanol–water partition coefficient (Wildman–Crippen LogP) is 5.39. The zero-order valence-electron chi connectivity index (χ0n) is 22.1. The lowest BCUT2D eigenvalue weighted by molar-refractivity contribution is -0.143. The highest BCUT2D eigenvalue weighted by molar-refractivity contribution is 5.90. The van der Waals surface area contributed by atoms with Gasteiger partial charge in [0.05, 0.1) is 7.11 Å². The molecule has 38 heavy (non-hydrogen) atoms. The molecule has 0 saturated heterocycles. The average molecular weight is 511 g/mol. The predicted molar refractivity (Wildman–Crippen MR) is 150 cm³/mol. The average Bonchev–Trinajstić information content (AvgIpc) is 2.93. The Bertz CT molecular complexity index is 1370. The lowest BCUT2D eigenvalue weighted by Gasteiger charge is -2.32. The molecule has 4 aromatic rings. The maximum Gasteiger partial charge on any atom is 0.261 e. The van der Waals surface area contributed by atoms with Crippen molar-refractivity contribution in [2.24, 2.45) is 0 Å². The second-order valence-electron chi connectivity index (χ2n) is 9.51. The van der Waals surface area contributed by atoms with E-state index in [0.29, 0.717) is 17.9 Å². The second kappa shape index (κ2) is 12.8. The number of carbonyl (C=O) groups is 2. The summed E-state index contributed by atoms with van der Waals surface area (Å²) in [6.45, 7) is 3.86. The first-order valence-electron chi connectivity index (χ1n) is 12.8. The Morgan fingerprint density at radius 3 is 2.29 bits per heavy atom. The molecule has 6 nitrogen and oxygen atoms in total. The van der Waals surface area contributed by atoms with Crippen LogP contribution in [0.25, 0.3) is 10.8 Å². The first-order chi connectivity index (χ1) is 18.4. The number of hydrogen-bond acceptors (Lipinski definition) is 4. The summed E-state index contributed by atoms with van der Waals surface area (Å²) in [5.41, 5.74) is 1.83. The maximum absolute atomic E-state index is 13.8. The zero-order chi connectivity index (χ0) is 26.9. The van der Waals surface area contributed by atoms with Crippen molar-refractivity contribution < 1.29 is 19.1 Å². The smallest absolute Gasteiger partial charge is 0.261 e. The van der Waals surface area contributed by atoms with E-state index in [2.05, 4.69) is 5.32 Å². The van der Waals surface area contributed by atoms with Crippen LogP contribution in [-0.4, -0.2) is 42.5 Å². The molecule has 4 rings (SSSR count). The highest BCUT2D eigenvalue weighted by Crippen LogP contribution is 2.25. The molecule has 196 valence electrons. The summed E-state index contributed by atoms with van der Waals surface area (Å²) in [6, 6.07) is 30.1. The van der Waals surface area contributed by atoms with E-state index in [-0.39, 0.29) is 31.0 Å². The number of hydrogen-bond donors (Lipinski definition) is 1. The normalized spacial score (nSPS) is 11.7. The summed E-state index contributed by atoms with van der Waals surface area (Å²) < 4.78 is 11.5. The molecule has 0 aliphatic carbocycles. The Kier molecular flexibility index (Phi) is 8.98. The van der Waals surface area contributed by atoms with Gasteiger partial charge in [-0.05, 0) is 48.6 Å².